The lowest BCUT2D eigenvalue weighted by Gasteiger charge is -2.22. The van der Waals surface area contributed by atoms with Gasteiger partial charge in [0.1, 0.15) is 0 Å². The molecule has 1 fully saturated rings. The number of halogens is 1. The predicted molar refractivity (Wildman–Crippen MR) is 74.1 cm³/mol. The van der Waals surface area contributed by atoms with Gasteiger partial charge in [0.05, 0.1) is 6.61 Å². The molecule has 3 heteroatoms. The Balaban J connectivity index is 1.75. The van der Waals surface area contributed by atoms with E-state index in [0.717, 1.165) is 26.3 Å². The third-order valence-corrected chi connectivity index (χ3v) is 4.11. The highest BCUT2D eigenvalue weighted by molar-refractivity contribution is 9.10. The first-order valence-corrected chi connectivity index (χ1v) is 7.08. The van der Waals surface area contributed by atoms with Gasteiger partial charge in [-0.05, 0) is 42.9 Å². The number of aryl methyl sites for hydroxylation is 1. The Labute approximate surface area is 112 Å². The van der Waals surface area contributed by atoms with Crippen molar-refractivity contribution in [3.05, 3.63) is 33.8 Å². The molecule has 2 nitrogen and oxygen atoms in total. The second kappa shape index (κ2) is 6.53. The van der Waals surface area contributed by atoms with Crippen LogP contribution in [-0.4, -0.2) is 19.8 Å². The zero-order valence-electron chi connectivity index (χ0n) is 10.3. The Morgan fingerprint density at radius 3 is 3.06 bits per heavy atom. The standard InChI is InChI=1S/C14H20BrNO/c1-11-4-5-12(7-14(11)15)8-16-9-13-3-2-6-17-10-13/h4-5,7,13,16H,2-3,6,8-10H2,1H3. The normalized spacial score (nSPS) is 20.5. The summed E-state index contributed by atoms with van der Waals surface area (Å²) in [5.74, 6) is 0.692. The third-order valence-electron chi connectivity index (χ3n) is 3.25. The lowest BCUT2D eigenvalue weighted by Crippen LogP contribution is -2.28. The van der Waals surface area contributed by atoms with Crippen molar-refractivity contribution in [2.75, 3.05) is 19.8 Å². The Hall–Kier alpha value is -0.380. The fraction of sp³-hybridized carbons (Fsp3) is 0.571. The minimum Gasteiger partial charge on any atom is -0.381 e. The highest BCUT2D eigenvalue weighted by Gasteiger charge is 2.12. The summed E-state index contributed by atoms with van der Waals surface area (Å²) < 4.78 is 6.66. The van der Waals surface area contributed by atoms with E-state index in [4.69, 9.17) is 4.74 Å². The minimum atomic E-state index is 0.692. The largest absolute Gasteiger partial charge is 0.381 e. The molecule has 1 aromatic carbocycles. The summed E-state index contributed by atoms with van der Waals surface area (Å²) in [7, 11) is 0. The molecular formula is C14H20BrNO. The molecule has 1 N–H and O–H groups in total. The Morgan fingerprint density at radius 1 is 1.47 bits per heavy atom. The molecule has 1 heterocycles. The van der Waals surface area contributed by atoms with Crippen molar-refractivity contribution >= 4 is 15.9 Å². The summed E-state index contributed by atoms with van der Waals surface area (Å²) in [4.78, 5) is 0. The van der Waals surface area contributed by atoms with Crippen molar-refractivity contribution in [1.82, 2.24) is 5.32 Å². The van der Waals surface area contributed by atoms with Gasteiger partial charge in [-0.1, -0.05) is 28.1 Å². The molecule has 0 radical (unpaired) electrons. The van der Waals surface area contributed by atoms with Crippen molar-refractivity contribution < 1.29 is 4.74 Å². The molecule has 1 unspecified atom stereocenters. The van der Waals surface area contributed by atoms with Crippen LogP contribution in [0.1, 0.15) is 24.0 Å². The van der Waals surface area contributed by atoms with Gasteiger partial charge < -0.3 is 10.1 Å². The monoisotopic (exact) mass is 297 g/mol. The first kappa shape index (κ1) is 13.1. The van der Waals surface area contributed by atoms with Gasteiger partial charge in [-0.3, -0.25) is 0 Å². The smallest absolute Gasteiger partial charge is 0.0506 e. The number of hydrogen-bond acceptors (Lipinski definition) is 2. The summed E-state index contributed by atoms with van der Waals surface area (Å²) >= 11 is 3.57. The Bertz CT molecular complexity index is 361. The molecule has 0 aromatic heterocycles. The average molecular weight is 298 g/mol. The number of hydrogen-bond donors (Lipinski definition) is 1. The zero-order valence-corrected chi connectivity index (χ0v) is 11.9. The van der Waals surface area contributed by atoms with E-state index in [1.54, 1.807) is 0 Å². The van der Waals surface area contributed by atoms with E-state index in [-0.39, 0.29) is 0 Å². The van der Waals surface area contributed by atoms with Crippen LogP contribution in [0, 0.1) is 12.8 Å². The quantitative estimate of drug-likeness (QED) is 0.921. The maximum absolute atomic E-state index is 5.47. The second-order valence-corrected chi connectivity index (χ2v) is 5.65. The second-order valence-electron chi connectivity index (χ2n) is 4.80. The lowest BCUT2D eigenvalue weighted by atomic mass is 10.0. The first-order chi connectivity index (χ1) is 8.25. The molecule has 0 aliphatic carbocycles. The summed E-state index contributed by atoms with van der Waals surface area (Å²) in [6, 6.07) is 6.54. The molecule has 1 aliphatic rings. The number of benzene rings is 1. The number of rotatable bonds is 4. The van der Waals surface area contributed by atoms with Crippen LogP contribution in [-0.2, 0) is 11.3 Å². The van der Waals surface area contributed by atoms with Crippen LogP contribution in [0.3, 0.4) is 0 Å². The number of nitrogens with one attached hydrogen (secondary N) is 1. The van der Waals surface area contributed by atoms with Crippen LogP contribution < -0.4 is 5.32 Å². The van der Waals surface area contributed by atoms with Crippen LogP contribution in [0.2, 0.25) is 0 Å². The SMILES string of the molecule is Cc1ccc(CNCC2CCCOC2)cc1Br. The molecule has 2 rings (SSSR count). The highest BCUT2D eigenvalue weighted by Crippen LogP contribution is 2.17. The maximum atomic E-state index is 5.47. The topological polar surface area (TPSA) is 21.3 Å². The molecule has 1 aromatic rings. The molecule has 0 bridgehead atoms. The van der Waals surface area contributed by atoms with E-state index in [2.05, 4.69) is 46.4 Å². The first-order valence-electron chi connectivity index (χ1n) is 6.29. The molecule has 1 atom stereocenters. The predicted octanol–water partition coefficient (Wildman–Crippen LogP) is 3.27. The van der Waals surface area contributed by atoms with Crippen molar-refractivity contribution in [2.45, 2.75) is 26.3 Å². The molecule has 0 amide bonds. The van der Waals surface area contributed by atoms with E-state index in [1.165, 1.54) is 28.4 Å². The lowest BCUT2D eigenvalue weighted by molar-refractivity contribution is 0.0547. The molecule has 94 valence electrons. The van der Waals surface area contributed by atoms with Crippen molar-refractivity contribution in [2.24, 2.45) is 5.92 Å². The fourth-order valence-corrected chi connectivity index (χ4v) is 2.56. The third kappa shape index (κ3) is 4.09. The maximum Gasteiger partial charge on any atom is 0.0506 e. The van der Waals surface area contributed by atoms with Crippen LogP contribution in [0.15, 0.2) is 22.7 Å². The Morgan fingerprint density at radius 2 is 2.35 bits per heavy atom. The van der Waals surface area contributed by atoms with E-state index in [9.17, 15) is 0 Å². The summed E-state index contributed by atoms with van der Waals surface area (Å²) in [6.45, 7) is 5.98. The Kier molecular flexibility index (Phi) is 5.01. The van der Waals surface area contributed by atoms with Crippen molar-refractivity contribution in [1.29, 1.82) is 0 Å². The van der Waals surface area contributed by atoms with Crippen LogP contribution in [0.4, 0.5) is 0 Å². The van der Waals surface area contributed by atoms with E-state index >= 15 is 0 Å². The van der Waals surface area contributed by atoms with Gasteiger partial charge in [-0.15, -0.1) is 0 Å². The van der Waals surface area contributed by atoms with Gasteiger partial charge in [0.2, 0.25) is 0 Å². The van der Waals surface area contributed by atoms with Gasteiger partial charge in [0.25, 0.3) is 0 Å². The van der Waals surface area contributed by atoms with Gasteiger partial charge in [-0.25, -0.2) is 0 Å². The minimum absolute atomic E-state index is 0.692. The molecule has 17 heavy (non-hydrogen) atoms. The van der Waals surface area contributed by atoms with Gasteiger partial charge in [0.15, 0.2) is 0 Å². The zero-order chi connectivity index (χ0) is 12.1. The van der Waals surface area contributed by atoms with E-state index in [1.807, 2.05) is 0 Å². The van der Waals surface area contributed by atoms with Crippen LogP contribution >= 0.6 is 15.9 Å². The fourth-order valence-electron chi connectivity index (χ4n) is 2.14. The highest BCUT2D eigenvalue weighted by atomic mass is 79.9. The molecule has 0 saturated carbocycles. The van der Waals surface area contributed by atoms with Crippen molar-refractivity contribution in [3.8, 4) is 0 Å². The molecule has 0 spiro atoms. The summed E-state index contributed by atoms with van der Waals surface area (Å²) in [6.07, 6.45) is 2.51. The molecular weight excluding hydrogens is 278 g/mol. The average Bonchev–Trinajstić information content (AvgIpc) is 2.35. The van der Waals surface area contributed by atoms with Crippen molar-refractivity contribution in [3.63, 3.8) is 0 Å². The molecule has 1 aliphatic heterocycles. The summed E-state index contributed by atoms with van der Waals surface area (Å²) in [5, 5.41) is 3.52. The van der Waals surface area contributed by atoms with Crippen LogP contribution in [0.5, 0.6) is 0 Å². The number of ether oxygens (including phenoxy) is 1. The van der Waals surface area contributed by atoms with Gasteiger partial charge in [-0.2, -0.15) is 0 Å². The van der Waals surface area contributed by atoms with Gasteiger partial charge >= 0.3 is 0 Å². The van der Waals surface area contributed by atoms with E-state index < -0.39 is 0 Å². The summed E-state index contributed by atoms with van der Waals surface area (Å²) in [5.41, 5.74) is 2.62. The van der Waals surface area contributed by atoms with Crippen LogP contribution in [0.25, 0.3) is 0 Å². The molecule has 1 saturated heterocycles. The van der Waals surface area contributed by atoms with Gasteiger partial charge in [0, 0.05) is 24.2 Å². The van der Waals surface area contributed by atoms with E-state index in [0.29, 0.717) is 5.92 Å².